The van der Waals surface area contributed by atoms with Crippen LogP contribution in [0, 0.1) is 0 Å². The van der Waals surface area contributed by atoms with E-state index in [2.05, 4.69) is 25.4 Å². The summed E-state index contributed by atoms with van der Waals surface area (Å²) in [6, 6.07) is 9.75. The first-order valence-electron chi connectivity index (χ1n) is 7.18. The number of hydrogen-bond acceptors (Lipinski definition) is 7. The highest BCUT2D eigenvalue weighted by Crippen LogP contribution is 2.22. The molecule has 3 N–H and O–H groups in total. The van der Waals surface area contributed by atoms with Gasteiger partial charge in [0.05, 0.1) is 7.57 Å². The Labute approximate surface area is 128 Å². The van der Waals surface area contributed by atoms with E-state index in [0.29, 0.717) is 23.7 Å². The van der Waals surface area contributed by atoms with E-state index in [4.69, 9.17) is 7.21 Å². The van der Waals surface area contributed by atoms with Crippen LogP contribution in [-0.2, 0) is 0 Å². The van der Waals surface area contributed by atoms with Gasteiger partial charge in [-0.25, -0.2) is 15.0 Å². The van der Waals surface area contributed by atoms with Crippen molar-refractivity contribution in [3.8, 4) is 0 Å². The number of para-hydroxylation sites is 1. The number of nitrogens with zero attached hydrogens (tertiary/aromatic N) is 5. The number of hydrogen-bond donors (Lipinski definition) is 2. The topological polar surface area (TPSA) is 92.9 Å². The van der Waals surface area contributed by atoms with Crippen molar-refractivity contribution in [2.45, 2.75) is 0 Å². The highest BCUT2D eigenvalue weighted by Gasteiger charge is 2.12. The number of nitrogens with one attached hydrogen (secondary N) is 1. The lowest BCUT2D eigenvalue weighted by atomic mass is 10.3. The number of benzene rings is 1. The zero-order valence-electron chi connectivity index (χ0n) is 12.7. The van der Waals surface area contributed by atoms with E-state index in [1.807, 2.05) is 41.3 Å². The summed E-state index contributed by atoms with van der Waals surface area (Å²) in [6.07, 6.45) is 6.54. The summed E-state index contributed by atoms with van der Waals surface area (Å²) in [7, 11) is 0. The summed E-state index contributed by atoms with van der Waals surface area (Å²) in [5.41, 5.74) is 4.35. The Morgan fingerprint density at radius 3 is 2.91 bits per heavy atom. The average Bonchev–Trinajstić information content (AvgIpc) is 2.59. The Hall–Kier alpha value is -3.06. The lowest BCUT2D eigenvalue weighted by molar-refractivity contribution is 0.943. The van der Waals surface area contributed by atoms with Crippen molar-refractivity contribution in [2.24, 2.45) is 5.84 Å². The molecule has 0 saturated heterocycles. The molecule has 0 aliphatic rings. The largest absolute Gasteiger partial charge is 0.332 e. The SMILES string of the molecule is [2H]c1cnc2cnc(N(CC=CNN)c3ccccc3)nc2n1. The second kappa shape index (κ2) is 6.59. The lowest BCUT2D eigenvalue weighted by Crippen LogP contribution is -2.21. The minimum Gasteiger partial charge on any atom is -0.332 e. The molecule has 0 bridgehead atoms. The van der Waals surface area contributed by atoms with Crippen molar-refractivity contribution in [1.29, 1.82) is 0 Å². The molecular formula is C15H15N7. The van der Waals surface area contributed by atoms with E-state index in [-0.39, 0.29) is 6.17 Å². The monoisotopic (exact) mass is 294 g/mol. The molecule has 0 radical (unpaired) electrons. The number of rotatable bonds is 5. The highest BCUT2D eigenvalue weighted by molar-refractivity contribution is 5.70. The summed E-state index contributed by atoms with van der Waals surface area (Å²) in [6.45, 7) is 0.522. The first kappa shape index (κ1) is 12.7. The molecule has 22 heavy (non-hydrogen) atoms. The van der Waals surface area contributed by atoms with Gasteiger partial charge in [0.25, 0.3) is 0 Å². The molecule has 2 heterocycles. The number of nitrogens with two attached hydrogens (primary N) is 1. The molecule has 2 aromatic heterocycles. The van der Waals surface area contributed by atoms with E-state index in [1.54, 1.807) is 12.4 Å². The van der Waals surface area contributed by atoms with Gasteiger partial charge < -0.3 is 10.3 Å². The van der Waals surface area contributed by atoms with Crippen LogP contribution in [-0.4, -0.2) is 26.5 Å². The molecule has 0 spiro atoms. The van der Waals surface area contributed by atoms with Crippen molar-refractivity contribution in [3.63, 3.8) is 0 Å². The summed E-state index contributed by atoms with van der Waals surface area (Å²) in [4.78, 5) is 18.9. The van der Waals surface area contributed by atoms with Gasteiger partial charge in [0.1, 0.15) is 5.52 Å². The third kappa shape index (κ3) is 2.99. The van der Waals surface area contributed by atoms with Gasteiger partial charge >= 0.3 is 0 Å². The molecule has 3 rings (SSSR count). The fraction of sp³-hybridized carbons (Fsp3) is 0.0667. The zero-order valence-corrected chi connectivity index (χ0v) is 11.7. The summed E-state index contributed by atoms with van der Waals surface area (Å²) in [5.74, 6) is 5.73. The maximum Gasteiger partial charge on any atom is 0.232 e. The lowest BCUT2D eigenvalue weighted by Gasteiger charge is -2.21. The van der Waals surface area contributed by atoms with Gasteiger partial charge in [-0.15, -0.1) is 0 Å². The third-order valence-electron chi connectivity index (χ3n) is 2.98. The quantitative estimate of drug-likeness (QED) is 0.544. The number of aromatic nitrogens is 4. The van der Waals surface area contributed by atoms with Crippen LogP contribution in [0.25, 0.3) is 11.2 Å². The standard InChI is InChI=1S/C15H15N7/c16-20-7-4-10-22(12-5-2-1-3-6-12)15-19-11-13-14(21-15)18-9-8-17-13/h1-9,11,20H,10,16H2/i9D. The minimum absolute atomic E-state index is 0.0700. The Balaban J connectivity index is 2.03. The maximum absolute atomic E-state index is 7.57. The van der Waals surface area contributed by atoms with Crippen molar-refractivity contribution in [1.82, 2.24) is 25.4 Å². The van der Waals surface area contributed by atoms with Crippen molar-refractivity contribution < 1.29 is 1.37 Å². The van der Waals surface area contributed by atoms with E-state index in [9.17, 15) is 0 Å². The van der Waals surface area contributed by atoms with Crippen molar-refractivity contribution in [3.05, 3.63) is 61.2 Å². The smallest absolute Gasteiger partial charge is 0.232 e. The number of fused-ring (bicyclic) bond motifs is 1. The van der Waals surface area contributed by atoms with Crippen LogP contribution in [0.1, 0.15) is 1.37 Å². The van der Waals surface area contributed by atoms with Crippen LogP contribution < -0.4 is 16.2 Å². The van der Waals surface area contributed by atoms with Gasteiger partial charge in [-0.2, -0.15) is 4.98 Å². The molecule has 7 heteroatoms. The Morgan fingerprint density at radius 2 is 2.09 bits per heavy atom. The Morgan fingerprint density at radius 1 is 1.23 bits per heavy atom. The Bertz CT molecular complexity index is 822. The molecule has 0 fully saturated rings. The molecule has 0 aliphatic carbocycles. The predicted molar refractivity (Wildman–Crippen MR) is 85.0 cm³/mol. The van der Waals surface area contributed by atoms with Crippen LogP contribution in [0.2, 0.25) is 0 Å². The van der Waals surface area contributed by atoms with Gasteiger partial charge in [-0.3, -0.25) is 5.84 Å². The first-order valence-corrected chi connectivity index (χ1v) is 6.68. The molecular weight excluding hydrogens is 278 g/mol. The van der Waals surface area contributed by atoms with Gasteiger partial charge in [0, 0.05) is 30.8 Å². The molecule has 0 unspecified atom stereocenters. The van der Waals surface area contributed by atoms with Crippen LogP contribution in [0.4, 0.5) is 11.6 Å². The van der Waals surface area contributed by atoms with Crippen molar-refractivity contribution in [2.75, 3.05) is 11.4 Å². The summed E-state index contributed by atoms with van der Waals surface area (Å²) >= 11 is 0. The third-order valence-corrected chi connectivity index (χ3v) is 2.98. The Kier molecular flexibility index (Phi) is 3.80. The van der Waals surface area contributed by atoms with Crippen LogP contribution in [0.3, 0.4) is 0 Å². The molecule has 0 aliphatic heterocycles. The zero-order chi connectivity index (χ0) is 16.1. The van der Waals surface area contributed by atoms with Gasteiger partial charge in [0.15, 0.2) is 5.65 Å². The number of anilines is 2. The number of hydrazine groups is 1. The van der Waals surface area contributed by atoms with Crippen LogP contribution >= 0.6 is 0 Å². The van der Waals surface area contributed by atoms with Gasteiger partial charge in [0.2, 0.25) is 5.95 Å². The normalized spacial score (nSPS) is 11.6. The van der Waals surface area contributed by atoms with E-state index in [1.165, 1.54) is 6.20 Å². The minimum atomic E-state index is 0.0700. The molecule has 110 valence electrons. The van der Waals surface area contributed by atoms with Gasteiger partial charge in [-0.05, 0) is 18.2 Å². The molecule has 0 amide bonds. The molecule has 1 aromatic carbocycles. The highest BCUT2D eigenvalue weighted by atomic mass is 15.3. The maximum atomic E-state index is 7.57. The van der Waals surface area contributed by atoms with Gasteiger partial charge in [-0.1, -0.05) is 18.2 Å². The van der Waals surface area contributed by atoms with E-state index >= 15 is 0 Å². The van der Waals surface area contributed by atoms with Crippen molar-refractivity contribution >= 4 is 22.8 Å². The second-order valence-electron chi connectivity index (χ2n) is 4.39. The summed E-state index contributed by atoms with van der Waals surface area (Å²) in [5, 5.41) is 0. The van der Waals surface area contributed by atoms with Crippen LogP contribution in [0.15, 0.2) is 61.2 Å². The molecule has 0 atom stereocenters. The molecule has 3 aromatic rings. The first-order chi connectivity index (χ1) is 11.3. The van der Waals surface area contributed by atoms with Crippen LogP contribution in [0.5, 0.6) is 0 Å². The average molecular weight is 294 g/mol. The molecule has 0 saturated carbocycles. The predicted octanol–water partition coefficient (Wildman–Crippen LogP) is 1.53. The summed E-state index contributed by atoms with van der Waals surface area (Å²) < 4.78 is 7.57. The second-order valence-corrected chi connectivity index (χ2v) is 4.39. The fourth-order valence-electron chi connectivity index (χ4n) is 1.99. The van der Waals surface area contributed by atoms with E-state index < -0.39 is 0 Å². The fourth-order valence-corrected chi connectivity index (χ4v) is 1.99. The van der Waals surface area contributed by atoms with E-state index in [0.717, 1.165) is 5.69 Å². The molecule has 7 nitrogen and oxygen atoms in total.